The van der Waals surface area contributed by atoms with Crippen molar-refractivity contribution in [3.63, 3.8) is 0 Å². The molecule has 4 N–H and O–H groups in total. The Morgan fingerprint density at radius 1 is 1.29 bits per heavy atom. The monoisotopic (exact) mass is 362 g/mol. The number of hydrogen-bond acceptors (Lipinski definition) is 3. The molecule has 0 fully saturated rings. The number of H-pyrrole nitrogens is 1. The minimum atomic E-state index is -0.940. The molecule has 0 aliphatic carbocycles. The van der Waals surface area contributed by atoms with Gasteiger partial charge in [-0.3, -0.25) is 0 Å². The molecule has 0 aliphatic heterocycles. The lowest BCUT2D eigenvalue weighted by Gasteiger charge is -2.05. The van der Waals surface area contributed by atoms with E-state index in [0.717, 1.165) is 35.4 Å². The average Bonchev–Trinajstić information content (AvgIpc) is 3.12. The summed E-state index contributed by atoms with van der Waals surface area (Å²) in [6.07, 6.45) is 2.58. The summed E-state index contributed by atoms with van der Waals surface area (Å²) in [5.41, 5.74) is 8.58. The molecule has 3 aromatic rings. The summed E-state index contributed by atoms with van der Waals surface area (Å²) in [7, 11) is 0. The van der Waals surface area contributed by atoms with E-state index in [1.54, 1.807) is 23.5 Å². The van der Waals surface area contributed by atoms with Crippen molar-refractivity contribution in [2.75, 3.05) is 6.54 Å². The van der Waals surface area contributed by atoms with Gasteiger partial charge in [-0.25, -0.2) is 4.79 Å². The van der Waals surface area contributed by atoms with Crippen molar-refractivity contribution >= 4 is 39.8 Å². The van der Waals surface area contributed by atoms with E-state index in [4.69, 9.17) is 17.3 Å². The van der Waals surface area contributed by atoms with Gasteiger partial charge in [0, 0.05) is 10.3 Å². The Hall–Kier alpha value is -1.82. The fourth-order valence-electron chi connectivity index (χ4n) is 2.99. The van der Waals surface area contributed by atoms with E-state index in [-0.39, 0.29) is 5.56 Å². The minimum Gasteiger partial charge on any atom is -0.478 e. The van der Waals surface area contributed by atoms with Crippen LogP contribution >= 0.6 is 22.9 Å². The molecule has 4 nitrogen and oxygen atoms in total. The Morgan fingerprint density at radius 2 is 2.08 bits per heavy atom. The van der Waals surface area contributed by atoms with Gasteiger partial charge in [0.2, 0.25) is 0 Å². The molecule has 126 valence electrons. The Kier molecular flexibility index (Phi) is 4.94. The van der Waals surface area contributed by atoms with Crippen LogP contribution in [-0.4, -0.2) is 22.6 Å². The highest BCUT2D eigenvalue weighted by atomic mass is 35.5. The summed E-state index contributed by atoms with van der Waals surface area (Å²) < 4.78 is 0. The van der Waals surface area contributed by atoms with Crippen LogP contribution in [0.15, 0.2) is 24.3 Å². The van der Waals surface area contributed by atoms with Crippen LogP contribution in [0, 0.1) is 6.92 Å². The number of carboxylic acids is 1. The summed E-state index contributed by atoms with van der Waals surface area (Å²) in [4.78, 5) is 17.4. The zero-order chi connectivity index (χ0) is 17.3. The van der Waals surface area contributed by atoms with E-state index >= 15 is 0 Å². The third-order valence-electron chi connectivity index (χ3n) is 4.11. The number of fused-ring (bicyclic) bond motifs is 1. The number of unbranched alkanes of at least 4 members (excludes halogenated alkanes) is 1. The minimum absolute atomic E-state index is 0.285. The maximum absolute atomic E-state index is 11.7. The predicted octanol–water partition coefficient (Wildman–Crippen LogP) is 4.84. The van der Waals surface area contributed by atoms with Crippen LogP contribution in [0.1, 0.15) is 33.6 Å². The van der Waals surface area contributed by atoms with Crippen molar-refractivity contribution in [2.45, 2.75) is 26.2 Å². The van der Waals surface area contributed by atoms with Crippen LogP contribution in [0.2, 0.25) is 5.02 Å². The Bertz CT molecular complexity index is 898. The number of benzene rings is 1. The molecule has 0 atom stereocenters. The fourth-order valence-corrected chi connectivity index (χ4v) is 4.09. The summed E-state index contributed by atoms with van der Waals surface area (Å²) >= 11 is 8.02. The average molecular weight is 363 g/mol. The second-order valence-corrected chi connectivity index (χ2v) is 7.48. The molecule has 0 radical (unpaired) electrons. The number of carbonyl (C=O) groups is 1. The first-order valence-electron chi connectivity index (χ1n) is 7.86. The van der Waals surface area contributed by atoms with Gasteiger partial charge < -0.3 is 15.8 Å². The van der Waals surface area contributed by atoms with Crippen LogP contribution in [0.25, 0.3) is 21.5 Å². The van der Waals surface area contributed by atoms with Crippen molar-refractivity contribution in [2.24, 2.45) is 5.73 Å². The van der Waals surface area contributed by atoms with Crippen molar-refractivity contribution in [3.05, 3.63) is 45.3 Å². The molecule has 0 spiro atoms. The quantitative estimate of drug-likeness (QED) is 0.549. The zero-order valence-corrected chi connectivity index (χ0v) is 14.9. The maximum Gasteiger partial charge on any atom is 0.336 e. The van der Waals surface area contributed by atoms with E-state index in [9.17, 15) is 9.90 Å². The van der Waals surface area contributed by atoms with E-state index < -0.39 is 5.97 Å². The number of aryl methyl sites for hydroxylation is 2. The molecule has 3 rings (SSSR count). The van der Waals surface area contributed by atoms with Gasteiger partial charge in [-0.05, 0) is 62.6 Å². The molecular weight excluding hydrogens is 344 g/mol. The first-order valence-corrected chi connectivity index (χ1v) is 9.05. The van der Waals surface area contributed by atoms with Crippen LogP contribution in [0.5, 0.6) is 0 Å². The van der Waals surface area contributed by atoms with E-state index in [1.807, 2.05) is 0 Å². The molecule has 0 aliphatic rings. The lowest BCUT2D eigenvalue weighted by atomic mass is 9.99. The van der Waals surface area contributed by atoms with Crippen molar-refractivity contribution in [1.29, 1.82) is 0 Å². The first kappa shape index (κ1) is 17.0. The fraction of sp³-hybridized carbons (Fsp3) is 0.278. The second-order valence-electron chi connectivity index (χ2n) is 5.78. The molecule has 0 saturated heterocycles. The van der Waals surface area contributed by atoms with Gasteiger partial charge in [0.1, 0.15) is 0 Å². The molecule has 24 heavy (non-hydrogen) atoms. The number of nitrogens with two attached hydrogens (primary N) is 1. The molecule has 2 aromatic heterocycles. The highest BCUT2D eigenvalue weighted by molar-refractivity contribution is 7.15. The number of aromatic nitrogens is 1. The van der Waals surface area contributed by atoms with Crippen molar-refractivity contribution in [3.8, 4) is 10.6 Å². The van der Waals surface area contributed by atoms with E-state index in [2.05, 4.69) is 24.0 Å². The molecule has 0 unspecified atom stereocenters. The summed E-state index contributed by atoms with van der Waals surface area (Å²) in [5.74, 6) is -0.940. The van der Waals surface area contributed by atoms with Crippen LogP contribution in [0.4, 0.5) is 0 Å². The topological polar surface area (TPSA) is 79.1 Å². The lowest BCUT2D eigenvalue weighted by molar-refractivity contribution is 0.0699. The van der Waals surface area contributed by atoms with Gasteiger partial charge in [-0.2, -0.15) is 0 Å². The zero-order valence-electron chi connectivity index (χ0n) is 13.4. The van der Waals surface area contributed by atoms with Crippen molar-refractivity contribution < 1.29 is 9.90 Å². The lowest BCUT2D eigenvalue weighted by Crippen LogP contribution is -2.01. The Balaban J connectivity index is 2.26. The van der Waals surface area contributed by atoms with E-state index in [0.29, 0.717) is 22.5 Å². The predicted molar refractivity (Wildman–Crippen MR) is 100 cm³/mol. The highest BCUT2D eigenvalue weighted by Crippen LogP contribution is 2.39. The summed E-state index contributed by atoms with van der Waals surface area (Å²) in [6, 6.07) is 7.34. The molecular formula is C18H19ClN2O2S. The van der Waals surface area contributed by atoms with Gasteiger partial charge in [0.25, 0.3) is 0 Å². The number of carboxylic acid groups (broad SMARTS) is 1. The van der Waals surface area contributed by atoms with Gasteiger partial charge in [0.05, 0.1) is 26.7 Å². The summed E-state index contributed by atoms with van der Waals surface area (Å²) in [5, 5.41) is 10.8. The molecule has 0 saturated carbocycles. The second kappa shape index (κ2) is 6.97. The van der Waals surface area contributed by atoms with Gasteiger partial charge in [-0.1, -0.05) is 11.6 Å². The normalized spacial score (nSPS) is 11.3. The van der Waals surface area contributed by atoms with Gasteiger partial charge in [-0.15, -0.1) is 11.3 Å². The largest absolute Gasteiger partial charge is 0.478 e. The SMILES string of the molecule is Cc1ccc(-c2[nH]c3c(Cl)ccc(C(=O)O)c3c2CCCCN)s1. The number of aromatic amines is 1. The standard InChI is InChI=1S/C18H19ClN2O2S/c1-10-5-8-14(24-10)16-11(4-2-3-9-20)15-12(18(22)23)6-7-13(19)17(15)21-16/h5-8,21H,2-4,9,20H2,1H3,(H,22,23). The smallest absolute Gasteiger partial charge is 0.336 e. The third kappa shape index (κ3) is 3.07. The number of hydrogen-bond donors (Lipinski definition) is 3. The third-order valence-corrected chi connectivity index (χ3v) is 5.44. The maximum atomic E-state index is 11.7. The first-order chi connectivity index (χ1) is 11.5. The molecule has 0 bridgehead atoms. The Morgan fingerprint density at radius 3 is 2.71 bits per heavy atom. The van der Waals surface area contributed by atoms with Crippen LogP contribution < -0.4 is 5.73 Å². The molecule has 0 amide bonds. The number of rotatable bonds is 6. The van der Waals surface area contributed by atoms with E-state index in [1.165, 1.54) is 4.88 Å². The summed E-state index contributed by atoms with van der Waals surface area (Å²) in [6.45, 7) is 2.68. The molecule has 1 aromatic carbocycles. The van der Waals surface area contributed by atoms with Crippen LogP contribution in [0.3, 0.4) is 0 Å². The number of aromatic carboxylic acids is 1. The Labute approximate surface area is 149 Å². The van der Waals surface area contributed by atoms with Crippen LogP contribution in [-0.2, 0) is 6.42 Å². The molecule has 6 heteroatoms. The number of halogens is 1. The number of thiophene rings is 1. The highest BCUT2D eigenvalue weighted by Gasteiger charge is 2.21. The number of nitrogens with one attached hydrogen (secondary N) is 1. The van der Waals surface area contributed by atoms with Gasteiger partial charge in [0.15, 0.2) is 0 Å². The molecule has 2 heterocycles. The van der Waals surface area contributed by atoms with Gasteiger partial charge >= 0.3 is 5.97 Å². The van der Waals surface area contributed by atoms with Crippen molar-refractivity contribution in [1.82, 2.24) is 4.98 Å².